The van der Waals surface area contributed by atoms with Gasteiger partial charge in [-0.15, -0.1) is 0 Å². The van der Waals surface area contributed by atoms with Crippen molar-refractivity contribution in [1.29, 1.82) is 0 Å². The van der Waals surface area contributed by atoms with Crippen molar-refractivity contribution in [2.24, 2.45) is 5.73 Å². The molecule has 1 aliphatic heterocycles. The average molecular weight is 259 g/mol. The second-order valence-corrected chi connectivity index (χ2v) is 5.32. The molecule has 2 aromatic rings. The molecule has 1 fully saturated rings. The number of fused-ring (bicyclic) bond motifs is 1. The molecule has 0 bridgehead atoms. The van der Waals surface area contributed by atoms with Gasteiger partial charge in [-0.1, -0.05) is 6.07 Å². The Bertz CT molecular complexity index is 517. The van der Waals surface area contributed by atoms with Crippen molar-refractivity contribution in [1.82, 2.24) is 19.2 Å². The number of pyridine rings is 1. The van der Waals surface area contributed by atoms with Crippen molar-refractivity contribution in [3.05, 3.63) is 36.3 Å². The Hall–Kier alpha value is -1.43. The number of likely N-dealkylation sites (N-methyl/N-ethyl adjacent to an activating group) is 1. The molecule has 1 saturated heterocycles. The Morgan fingerprint density at radius 1 is 1.37 bits per heavy atom. The van der Waals surface area contributed by atoms with Gasteiger partial charge in [0.05, 0.1) is 5.69 Å². The Labute approximate surface area is 113 Å². The van der Waals surface area contributed by atoms with Crippen molar-refractivity contribution < 1.29 is 0 Å². The summed E-state index contributed by atoms with van der Waals surface area (Å²) >= 11 is 0. The lowest BCUT2D eigenvalue weighted by Gasteiger charge is -2.39. The van der Waals surface area contributed by atoms with Gasteiger partial charge in [0.2, 0.25) is 0 Å². The smallest absolute Gasteiger partial charge is 0.137 e. The van der Waals surface area contributed by atoms with E-state index in [9.17, 15) is 0 Å². The molecule has 0 radical (unpaired) electrons. The standard InChI is InChI=1S/C14H21N5/c1-17-6-7-18(13(8-15)11-17)9-12-10-19-5-3-2-4-14(19)16-12/h2-5,10,13H,6-9,11,15H2,1H3. The van der Waals surface area contributed by atoms with Gasteiger partial charge in [0, 0.05) is 51.2 Å². The van der Waals surface area contributed by atoms with Crippen LogP contribution in [0.25, 0.3) is 5.65 Å². The van der Waals surface area contributed by atoms with E-state index >= 15 is 0 Å². The minimum absolute atomic E-state index is 0.434. The molecule has 0 aromatic carbocycles. The predicted octanol–water partition coefficient (Wildman–Crippen LogP) is 0.409. The van der Waals surface area contributed by atoms with Crippen LogP contribution in [0, 0.1) is 0 Å². The number of rotatable bonds is 3. The van der Waals surface area contributed by atoms with Crippen LogP contribution >= 0.6 is 0 Å². The van der Waals surface area contributed by atoms with Gasteiger partial charge in [-0.3, -0.25) is 4.90 Å². The van der Waals surface area contributed by atoms with E-state index < -0.39 is 0 Å². The minimum Gasteiger partial charge on any atom is -0.329 e. The summed E-state index contributed by atoms with van der Waals surface area (Å²) in [5.74, 6) is 0. The number of hydrogen-bond acceptors (Lipinski definition) is 4. The zero-order valence-corrected chi connectivity index (χ0v) is 11.4. The summed E-state index contributed by atoms with van der Waals surface area (Å²) in [5.41, 5.74) is 8.02. The van der Waals surface area contributed by atoms with Gasteiger partial charge in [0.25, 0.3) is 0 Å². The highest BCUT2D eigenvalue weighted by Gasteiger charge is 2.24. The summed E-state index contributed by atoms with van der Waals surface area (Å²) in [4.78, 5) is 9.45. The first-order chi connectivity index (χ1) is 9.26. The molecule has 0 saturated carbocycles. The number of aromatic nitrogens is 2. The zero-order valence-electron chi connectivity index (χ0n) is 11.4. The van der Waals surface area contributed by atoms with Crippen LogP contribution < -0.4 is 5.73 Å². The van der Waals surface area contributed by atoms with Crippen LogP contribution in [0.2, 0.25) is 0 Å². The van der Waals surface area contributed by atoms with Gasteiger partial charge in [0.15, 0.2) is 0 Å². The van der Waals surface area contributed by atoms with E-state index in [1.165, 1.54) is 0 Å². The molecular formula is C14H21N5. The molecule has 5 heteroatoms. The molecule has 5 nitrogen and oxygen atoms in total. The van der Waals surface area contributed by atoms with Crippen molar-refractivity contribution in [3.8, 4) is 0 Å². The van der Waals surface area contributed by atoms with Crippen LogP contribution in [0.3, 0.4) is 0 Å². The predicted molar refractivity (Wildman–Crippen MR) is 75.9 cm³/mol. The normalized spacial score (nSPS) is 22.1. The van der Waals surface area contributed by atoms with Gasteiger partial charge in [-0.05, 0) is 19.2 Å². The maximum atomic E-state index is 5.89. The van der Waals surface area contributed by atoms with Gasteiger partial charge in [-0.25, -0.2) is 4.98 Å². The first-order valence-corrected chi connectivity index (χ1v) is 6.81. The fourth-order valence-corrected chi connectivity index (χ4v) is 2.75. The van der Waals surface area contributed by atoms with Crippen molar-refractivity contribution in [3.63, 3.8) is 0 Å². The number of nitrogens with zero attached hydrogens (tertiary/aromatic N) is 4. The summed E-state index contributed by atoms with van der Waals surface area (Å²) in [6.45, 7) is 4.80. The lowest BCUT2D eigenvalue weighted by molar-refractivity contribution is 0.0871. The monoisotopic (exact) mass is 259 g/mol. The van der Waals surface area contributed by atoms with Crippen LogP contribution in [0.1, 0.15) is 5.69 Å². The summed E-state index contributed by atoms with van der Waals surface area (Å²) in [6, 6.07) is 6.51. The van der Waals surface area contributed by atoms with Gasteiger partial charge >= 0.3 is 0 Å². The summed E-state index contributed by atoms with van der Waals surface area (Å²) in [7, 11) is 2.16. The molecule has 1 aliphatic rings. The molecule has 2 N–H and O–H groups in total. The quantitative estimate of drug-likeness (QED) is 0.867. The first kappa shape index (κ1) is 12.6. The van der Waals surface area contributed by atoms with Crippen LogP contribution in [0.5, 0.6) is 0 Å². The Kier molecular flexibility index (Phi) is 3.50. The SMILES string of the molecule is CN1CCN(Cc2cn3ccccc3n2)C(CN)C1. The largest absolute Gasteiger partial charge is 0.329 e. The maximum Gasteiger partial charge on any atom is 0.137 e. The highest BCUT2D eigenvalue weighted by atomic mass is 15.3. The number of nitrogens with two attached hydrogens (primary N) is 1. The molecule has 0 spiro atoms. The van der Waals surface area contributed by atoms with Gasteiger partial charge in [0.1, 0.15) is 5.65 Å². The molecule has 0 aliphatic carbocycles. The fourth-order valence-electron chi connectivity index (χ4n) is 2.75. The molecular weight excluding hydrogens is 238 g/mol. The maximum absolute atomic E-state index is 5.89. The summed E-state index contributed by atoms with van der Waals surface area (Å²) in [5, 5.41) is 0. The Morgan fingerprint density at radius 3 is 3.05 bits per heavy atom. The Balaban J connectivity index is 1.76. The molecule has 3 rings (SSSR count). The van der Waals surface area contributed by atoms with Gasteiger partial charge in [-0.2, -0.15) is 0 Å². The average Bonchev–Trinajstić information content (AvgIpc) is 2.83. The number of imidazole rings is 1. The number of piperazine rings is 1. The summed E-state index contributed by atoms with van der Waals surface area (Å²) < 4.78 is 2.07. The van der Waals surface area contributed by atoms with Crippen LogP contribution in [-0.2, 0) is 6.54 Å². The van der Waals surface area contributed by atoms with E-state index in [2.05, 4.69) is 32.4 Å². The fraction of sp³-hybridized carbons (Fsp3) is 0.500. The Morgan fingerprint density at radius 2 is 2.26 bits per heavy atom. The molecule has 102 valence electrons. The van der Waals surface area contributed by atoms with Gasteiger partial charge < -0.3 is 15.0 Å². The molecule has 1 unspecified atom stereocenters. The van der Waals surface area contributed by atoms with Crippen LogP contribution in [0.15, 0.2) is 30.6 Å². The van der Waals surface area contributed by atoms with Crippen molar-refractivity contribution in [2.75, 3.05) is 33.2 Å². The van der Waals surface area contributed by atoms with E-state index in [0.717, 1.165) is 37.5 Å². The topological polar surface area (TPSA) is 49.8 Å². The van der Waals surface area contributed by atoms with Crippen LogP contribution in [-0.4, -0.2) is 58.5 Å². The lowest BCUT2D eigenvalue weighted by Crippen LogP contribution is -2.54. The van der Waals surface area contributed by atoms with E-state index in [4.69, 9.17) is 5.73 Å². The number of hydrogen-bond donors (Lipinski definition) is 1. The zero-order chi connectivity index (χ0) is 13.2. The minimum atomic E-state index is 0.434. The highest BCUT2D eigenvalue weighted by molar-refractivity contribution is 5.39. The molecule has 0 amide bonds. The third-order valence-corrected chi connectivity index (χ3v) is 3.86. The van der Waals surface area contributed by atoms with E-state index in [1.54, 1.807) is 0 Å². The van der Waals surface area contributed by atoms with Crippen LogP contribution in [0.4, 0.5) is 0 Å². The van der Waals surface area contributed by atoms with E-state index in [0.29, 0.717) is 12.6 Å². The van der Waals surface area contributed by atoms with E-state index in [1.807, 2.05) is 24.4 Å². The second-order valence-electron chi connectivity index (χ2n) is 5.32. The third kappa shape index (κ3) is 2.63. The molecule has 3 heterocycles. The lowest BCUT2D eigenvalue weighted by atomic mass is 10.1. The summed E-state index contributed by atoms with van der Waals surface area (Å²) in [6.07, 6.45) is 4.15. The molecule has 2 aromatic heterocycles. The van der Waals surface area contributed by atoms with E-state index in [-0.39, 0.29) is 0 Å². The van der Waals surface area contributed by atoms with Crippen molar-refractivity contribution >= 4 is 5.65 Å². The first-order valence-electron chi connectivity index (χ1n) is 6.81. The molecule has 1 atom stereocenters. The molecule has 19 heavy (non-hydrogen) atoms. The highest BCUT2D eigenvalue weighted by Crippen LogP contribution is 2.13. The van der Waals surface area contributed by atoms with Crippen molar-refractivity contribution in [2.45, 2.75) is 12.6 Å². The second kappa shape index (κ2) is 5.28. The third-order valence-electron chi connectivity index (χ3n) is 3.86.